The van der Waals surface area contributed by atoms with Crippen LogP contribution in [0.25, 0.3) is 0 Å². The van der Waals surface area contributed by atoms with Crippen molar-refractivity contribution in [3.63, 3.8) is 0 Å². The Kier molecular flexibility index (Phi) is 1.67. The van der Waals surface area contributed by atoms with Crippen molar-refractivity contribution in [3.8, 4) is 0 Å². The lowest BCUT2D eigenvalue weighted by Crippen LogP contribution is -2.22. The van der Waals surface area contributed by atoms with E-state index < -0.39 is 7.14 Å². The van der Waals surface area contributed by atoms with Crippen molar-refractivity contribution in [1.29, 1.82) is 0 Å². The van der Waals surface area contributed by atoms with E-state index in [9.17, 15) is 4.57 Å². The highest BCUT2D eigenvalue weighted by atomic mass is 31.2. The van der Waals surface area contributed by atoms with E-state index in [2.05, 4.69) is 10.1 Å². The molecule has 5 heteroatoms. The Hall–Kier alpha value is -0.630. The molecule has 0 unspecified atom stereocenters. The first kappa shape index (κ1) is 8.66. The molecule has 0 aromatic carbocycles. The van der Waals surface area contributed by atoms with Gasteiger partial charge in [-0.3, -0.25) is 0 Å². The van der Waals surface area contributed by atoms with Crippen LogP contribution in [-0.2, 0) is 11.6 Å². The summed E-state index contributed by atoms with van der Waals surface area (Å²) in [6, 6.07) is 0. The second kappa shape index (κ2) is 2.69. The van der Waals surface area contributed by atoms with Gasteiger partial charge in [-0.25, -0.2) is 9.67 Å². The van der Waals surface area contributed by atoms with E-state index in [-0.39, 0.29) is 0 Å². The molecule has 0 spiro atoms. The van der Waals surface area contributed by atoms with E-state index in [1.807, 2.05) is 7.05 Å². The Morgan fingerprint density at radius 2 is 1.93 bits per heavy atom. The van der Waals surface area contributed by atoms with Gasteiger partial charge < -0.3 is 4.57 Å². The van der Waals surface area contributed by atoms with Gasteiger partial charge in [0.25, 0.3) is 0 Å². The number of rotatable bonds is 3. The summed E-state index contributed by atoms with van der Waals surface area (Å²) >= 11 is 0. The molecule has 0 amide bonds. The summed E-state index contributed by atoms with van der Waals surface area (Å²) in [5, 5.41) is 4.04. The van der Waals surface area contributed by atoms with Gasteiger partial charge in [-0.2, -0.15) is 5.10 Å². The molecule has 1 aromatic rings. The van der Waals surface area contributed by atoms with Gasteiger partial charge in [0.05, 0.1) is 0 Å². The summed E-state index contributed by atoms with van der Waals surface area (Å²) in [4.78, 5) is 4.20. The van der Waals surface area contributed by atoms with Crippen molar-refractivity contribution < 1.29 is 4.57 Å². The Balaban J connectivity index is 2.07. The highest BCUT2D eigenvalue weighted by Gasteiger charge is 2.54. The molecule has 0 N–H and O–H groups in total. The van der Waals surface area contributed by atoms with Crippen molar-refractivity contribution in [2.45, 2.75) is 37.0 Å². The summed E-state index contributed by atoms with van der Waals surface area (Å²) < 4.78 is 14.6. The Labute approximate surface area is 83.1 Å². The molecule has 2 aliphatic carbocycles. The third-order valence-electron chi connectivity index (χ3n) is 3.18. The highest BCUT2D eigenvalue weighted by Crippen LogP contribution is 2.68. The van der Waals surface area contributed by atoms with Crippen molar-refractivity contribution in [2.24, 2.45) is 7.05 Å². The minimum absolute atomic E-state index is 0.429. The van der Waals surface area contributed by atoms with Crippen LogP contribution < -0.4 is 5.57 Å². The Morgan fingerprint density at radius 3 is 2.29 bits per heavy atom. The van der Waals surface area contributed by atoms with E-state index in [4.69, 9.17) is 0 Å². The molecule has 14 heavy (non-hydrogen) atoms. The average molecular weight is 211 g/mol. The molecule has 2 fully saturated rings. The van der Waals surface area contributed by atoms with Crippen LogP contribution in [0.4, 0.5) is 0 Å². The van der Waals surface area contributed by atoms with Crippen LogP contribution in [0, 0.1) is 0 Å². The standard InChI is InChI=1S/C9H14N3OP/c1-12-9(10-6-11-12)14(13,7-2-3-7)8-4-5-8/h6-8H,2-5H2,1H3. The van der Waals surface area contributed by atoms with Gasteiger partial charge >= 0.3 is 0 Å². The number of aryl methyl sites for hydroxylation is 1. The lowest BCUT2D eigenvalue weighted by atomic mass is 10.9. The van der Waals surface area contributed by atoms with Gasteiger partial charge in [-0.15, -0.1) is 0 Å². The normalized spacial score (nSPS) is 22.6. The molecule has 76 valence electrons. The van der Waals surface area contributed by atoms with E-state index in [0.29, 0.717) is 11.3 Å². The maximum Gasteiger partial charge on any atom is 0.187 e. The molecule has 0 radical (unpaired) electrons. The summed E-state index contributed by atoms with van der Waals surface area (Å²) in [6.45, 7) is 0. The molecule has 0 aliphatic heterocycles. The van der Waals surface area contributed by atoms with Gasteiger partial charge in [-0.05, 0) is 25.7 Å². The van der Waals surface area contributed by atoms with Crippen LogP contribution in [0.2, 0.25) is 0 Å². The van der Waals surface area contributed by atoms with Crippen LogP contribution in [0.15, 0.2) is 6.33 Å². The summed E-state index contributed by atoms with van der Waals surface area (Å²) in [6.07, 6.45) is 6.02. The van der Waals surface area contributed by atoms with E-state index in [1.165, 1.54) is 6.33 Å². The van der Waals surface area contributed by atoms with Gasteiger partial charge in [0.1, 0.15) is 6.33 Å². The maximum atomic E-state index is 12.9. The topological polar surface area (TPSA) is 47.8 Å². The molecule has 2 saturated carbocycles. The largest absolute Gasteiger partial charge is 0.315 e. The van der Waals surface area contributed by atoms with E-state index in [1.54, 1.807) is 4.68 Å². The monoisotopic (exact) mass is 211 g/mol. The molecule has 0 bridgehead atoms. The van der Waals surface area contributed by atoms with Crippen LogP contribution in [0.1, 0.15) is 25.7 Å². The Morgan fingerprint density at radius 1 is 1.36 bits per heavy atom. The number of hydrogen-bond donors (Lipinski definition) is 0. The smallest absolute Gasteiger partial charge is 0.187 e. The van der Waals surface area contributed by atoms with E-state index in [0.717, 1.165) is 31.2 Å². The molecular formula is C9H14N3OP. The van der Waals surface area contributed by atoms with Gasteiger partial charge in [-0.1, -0.05) is 0 Å². The minimum Gasteiger partial charge on any atom is -0.315 e. The first-order chi connectivity index (χ1) is 6.73. The van der Waals surface area contributed by atoms with Gasteiger partial charge in [0, 0.05) is 18.4 Å². The molecular weight excluding hydrogens is 197 g/mol. The predicted molar refractivity (Wildman–Crippen MR) is 54.3 cm³/mol. The highest BCUT2D eigenvalue weighted by molar-refractivity contribution is 7.73. The number of nitrogens with zero attached hydrogens (tertiary/aromatic N) is 3. The fraction of sp³-hybridized carbons (Fsp3) is 0.778. The Bertz CT molecular complexity index is 390. The zero-order chi connectivity index (χ0) is 9.76. The number of aromatic nitrogens is 3. The third-order valence-corrected chi connectivity index (χ3v) is 7.41. The lowest BCUT2D eigenvalue weighted by Gasteiger charge is -2.15. The maximum absolute atomic E-state index is 12.9. The van der Waals surface area contributed by atoms with Gasteiger partial charge in [0.15, 0.2) is 12.7 Å². The second-order valence-corrected chi connectivity index (χ2v) is 7.63. The van der Waals surface area contributed by atoms with Crippen molar-refractivity contribution in [2.75, 3.05) is 0 Å². The molecule has 3 rings (SSSR count). The zero-order valence-electron chi connectivity index (χ0n) is 8.26. The third kappa shape index (κ3) is 1.10. The fourth-order valence-electron chi connectivity index (χ4n) is 2.15. The van der Waals surface area contributed by atoms with Crippen molar-refractivity contribution in [3.05, 3.63) is 6.33 Å². The van der Waals surface area contributed by atoms with Crippen LogP contribution in [0.3, 0.4) is 0 Å². The first-order valence-corrected chi connectivity index (χ1v) is 7.01. The molecule has 1 aromatic heterocycles. The molecule has 0 saturated heterocycles. The minimum atomic E-state index is -2.19. The number of hydrogen-bond acceptors (Lipinski definition) is 3. The quantitative estimate of drug-likeness (QED) is 0.704. The summed E-state index contributed by atoms with van der Waals surface area (Å²) in [5.74, 6) is 0. The molecule has 0 atom stereocenters. The van der Waals surface area contributed by atoms with Crippen LogP contribution in [0.5, 0.6) is 0 Å². The summed E-state index contributed by atoms with van der Waals surface area (Å²) in [7, 11) is -0.347. The predicted octanol–water partition coefficient (Wildman–Crippen LogP) is 1.13. The lowest BCUT2D eigenvalue weighted by molar-refractivity contribution is 0.576. The molecule has 1 heterocycles. The van der Waals surface area contributed by atoms with Crippen molar-refractivity contribution in [1.82, 2.24) is 14.8 Å². The van der Waals surface area contributed by atoms with Crippen LogP contribution >= 0.6 is 7.14 Å². The van der Waals surface area contributed by atoms with Crippen LogP contribution in [-0.4, -0.2) is 26.1 Å². The van der Waals surface area contributed by atoms with E-state index >= 15 is 0 Å². The molecule has 4 nitrogen and oxygen atoms in total. The van der Waals surface area contributed by atoms with Crippen molar-refractivity contribution >= 4 is 12.7 Å². The summed E-state index contributed by atoms with van der Waals surface area (Å²) in [5.41, 5.74) is 1.62. The fourth-order valence-corrected chi connectivity index (χ4v) is 5.97. The average Bonchev–Trinajstić information content (AvgIpc) is 3.00. The SMILES string of the molecule is Cn1ncnc1P(=O)(C1CC1)C1CC1. The van der Waals surface area contributed by atoms with Gasteiger partial charge in [0.2, 0.25) is 0 Å². The molecule has 2 aliphatic rings. The second-order valence-electron chi connectivity index (χ2n) is 4.36. The first-order valence-electron chi connectivity index (χ1n) is 5.17. The zero-order valence-corrected chi connectivity index (χ0v) is 9.15.